The molecule has 9 heteroatoms. The van der Waals surface area contributed by atoms with Crippen LogP contribution in [0.15, 0.2) is 10.6 Å². The number of carbonyl (C=O) groups excluding carboxylic acids is 2. The van der Waals surface area contributed by atoms with Crippen LogP contribution in [0, 0.1) is 5.92 Å². The molecular weight excluding hydrogens is 352 g/mol. The van der Waals surface area contributed by atoms with Gasteiger partial charge in [-0.15, -0.1) is 0 Å². The number of urea groups is 1. The summed E-state index contributed by atoms with van der Waals surface area (Å²) in [5.41, 5.74) is 0.244. The molecule has 4 rings (SSSR count). The number of fused-ring (bicyclic) bond motifs is 2. The Hall–Kier alpha value is -2.29. The molecule has 1 aromatic heterocycles. The lowest BCUT2D eigenvalue weighted by Crippen LogP contribution is -2.52. The number of amides is 3. The van der Waals surface area contributed by atoms with Gasteiger partial charge < -0.3 is 19.1 Å². The summed E-state index contributed by atoms with van der Waals surface area (Å²) in [6.07, 6.45) is 1.92. The van der Waals surface area contributed by atoms with Crippen LogP contribution in [0.2, 0.25) is 0 Å². The number of aromatic nitrogens is 1. The molecule has 3 aliphatic rings. The number of carbonyl (C=O) groups is 2. The van der Waals surface area contributed by atoms with Crippen molar-refractivity contribution < 1.29 is 24.1 Å². The fraction of sp³-hybridized carbons (Fsp3) is 0.722. The first-order valence-electron chi connectivity index (χ1n) is 9.43. The average molecular weight is 378 g/mol. The van der Waals surface area contributed by atoms with Crippen molar-refractivity contribution in [2.45, 2.75) is 57.7 Å². The molecule has 1 aromatic rings. The van der Waals surface area contributed by atoms with Gasteiger partial charge in [0.1, 0.15) is 17.1 Å². The van der Waals surface area contributed by atoms with Gasteiger partial charge in [0.2, 0.25) is 0 Å². The van der Waals surface area contributed by atoms with E-state index < -0.39 is 5.60 Å². The summed E-state index contributed by atoms with van der Waals surface area (Å²) in [5, 5.41) is 14.8. The van der Waals surface area contributed by atoms with E-state index in [1.165, 1.54) is 0 Å². The molecule has 0 saturated carbocycles. The van der Waals surface area contributed by atoms with Crippen molar-refractivity contribution in [2.75, 3.05) is 19.6 Å². The number of ether oxygens (including phenoxy) is 1. The second-order valence-electron chi connectivity index (χ2n) is 8.70. The van der Waals surface area contributed by atoms with Gasteiger partial charge in [-0.2, -0.15) is 0 Å². The Kier molecular flexibility index (Phi) is 4.29. The standard InChI is InChI=1S/C18H26N4O5/c1-18(2,3)26-17(24)20-8-11(9-20)6-13-7-14(19-27-13)15-5-4-12-10-21(15)16(23)22(12)25/h7,11-12,15,25H,4-6,8-10H2,1-3H3/t12-,15-/m0/s1. The van der Waals surface area contributed by atoms with Crippen molar-refractivity contribution in [1.29, 1.82) is 0 Å². The highest BCUT2D eigenvalue weighted by atomic mass is 16.6. The van der Waals surface area contributed by atoms with Crippen molar-refractivity contribution in [3.05, 3.63) is 17.5 Å². The maximum absolute atomic E-state index is 12.1. The molecule has 3 saturated heterocycles. The van der Waals surface area contributed by atoms with Gasteiger partial charge in [0, 0.05) is 38.0 Å². The van der Waals surface area contributed by atoms with Gasteiger partial charge in [0.15, 0.2) is 0 Å². The Morgan fingerprint density at radius 1 is 1.33 bits per heavy atom. The lowest BCUT2D eigenvalue weighted by atomic mass is 9.94. The summed E-state index contributed by atoms with van der Waals surface area (Å²) < 4.78 is 10.8. The van der Waals surface area contributed by atoms with Crippen molar-refractivity contribution in [1.82, 2.24) is 20.0 Å². The SMILES string of the molecule is CC(C)(C)OC(=O)N1CC(Cc2cc([C@@H]3CC[C@H]4CN3C(=O)N4O)no2)C1. The highest BCUT2D eigenvalue weighted by Crippen LogP contribution is 2.37. The van der Waals surface area contributed by atoms with Gasteiger partial charge >= 0.3 is 12.1 Å². The molecule has 0 spiro atoms. The van der Waals surface area contributed by atoms with Crippen molar-refractivity contribution >= 4 is 12.1 Å². The molecule has 0 radical (unpaired) electrons. The average Bonchev–Trinajstić information content (AvgIpc) is 3.09. The van der Waals surface area contributed by atoms with E-state index in [2.05, 4.69) is 5.16 Å². The lowest BCUT2D eigenvalue weighted by Gasteiger charge is -2.39. The van der Waals surface area contributed by atoms with Crippen LogP contribution in [-0.2, 0) is 11.2 Å². The third-order valence-electron chi connectivity index (χ3n) is 5.36. The summed E-state index contributed by atoms with van der Waals surface area (Å²) in [6, 6.07) is 1.27. The van der Waals surface area contributed by atoms with Crippen molar-refractivity contribution in [2.24, 2.45) is 5.92 Å². The Morgan fingerprint density at radius 3 is 2.78 bits per heavy atom. The summed E-state index contributed by atoms with van der Waals surface area (Å²) in [5.74, 6) is 1.07. The highest BCUT2D eigenvalue weighted by molar-refractivity contribution is 5.76. The molecule has 2 bridgehead atoms. The molecule has 0 unspecified atom stereocenters. The molecule has 3 fully saturated rings. The van der Waals surface area contributed by atoms with Crippen LogP contribution in [-0.4, -0.2) is 68.6 Å². The maximum Gasteiger partial charge on any atom is 0.410 e. The van der Waals surface area contributed by atoms with Crippen molar-refractivity contribution in [3.63, 3.8) is 0 Å². The molecule has 1 N–H and O–H groups in total. The molecule has 3 aliphatic heterocycles. The van der Waals surface area contributed by atoms with Gasteiger partial charge in [0.05, 0.1) is 12.1 Å². The van der Waals surface area contributed by atoms with Crippen LogP contribution < -0.4 is 0 Å². The lowest BCUT2D eigenvalue weighted by molar-refractivity contribution is -0.0584. The fourth-order valence-electron chi connectivity index (χ4n) is 4.00. The predicted octanol–water partition coefficient (Wildman–Crippen LogP) is 2.41. The van der Waals surface area contributed by atoms with Crippen LogP contribution in [0.3, 0.4) is 0 Å². The zero-order valence-electron chi connectivity index (χ0n) is 15.9. The fourth-order valence-corrected chi connectivity index (χ4v) is 4.00. The van der Waals surface area contributed by atoms with Gasteiger partial charge in [-0.3, -0.25) is 5.21 Å². The quantitative estimate of drug-likeness (QED) is 0.811. The third kappa shape index (κ3) is 3.47. The minimum absolute atomic E-state index is 0.117. The second-order valence-corrected chi connectivity index (χ2v) is 8.70. The monoisotopic (exact) mass is 378 g/mol. The number of likely N-dealkylation sites (tertiary alicyclic amines) is 1. The van der Waals surface area contributed by atoms with Crippen LogP contribution in [0.4, 0.5) is 9.59 Å². The minimum atomic E-state index is -0.488. The van der Waals surface area contributed by atoms with Crippen LogP contribution in [0.1, 0.15) is 51.1 Å². The first-order valence-corrected chi connectivity index (χ1v) is 9.43. The van der Waals surface area contributed by atoms with Gasteiger partial charge in [-0.25, -0.2) is 14.7 Å². The molecule has 3 amide bonds. The van der Waals surface area contributed by atoms with E-state index in [0.29, 0.717) is 32.0 Å². The van der Waals surface area contributed by atoms with Crippen LogP contribution >= 0.6 is 0 Å². The Bertz CT molecular complexity index is 736. The Labute approximate surface area is 157 Å². The number of hydroxylamine groups is 2. The second kappa shape index (κ2) is 6.40. The van der Waals surface area contributed by atoms with E-state index in [9.17, 15) is 14.8 Å². The largest absolute Gasteiger partial charge is 0.444 e. The van der Waals surface area contributed by atoms with E-state index in [0.717, 1.165) is 29.4 Å². The van der Waals surface area contributed by atoms with Gasteiger partial charge in [0.25, 0.3) is 0 Å². The Morgan fingerprint density at radius 2 is 2.07 bits per heavy atom. The molecule has 2 atom stereocenters. The number of rotatable bonds is 3. The van der Waals surface area contributed by atoms with Gasteiger partial charge in [-0.05, 0) is 33.6 Å². The number of hydrogen-bond donors (Lipinski definition) is 1. The summed E-state index contributed by atoms with van der Waals surface area (Å²) in [7, 11) is 0. The molecule has 0 aliphatic carbocycles. The van der Waals surface area contributed by atoms with E-state index in [-0.39, 0.29) is 24.2 Å². The first-order chi connectivity index (χ1) is 12.7. The van der Waals surface area contributed by atoms with E-state index in [1.807, 2.05) is 26.8 Å². The number of hydrogen-bond acceptors (Lipinski definition) is 6. The minimum Gasteiger partial charge on any atom is -0.444 e. The topological polar surface area (TPSA) is 99.4 Å². The smallest absolute Gasteiger partial charge is 0.410 e. The summed E-state index contributed by atoms with van der Waals surface area (Å²) in [6.45, 7) is 7.36. The molecule has 0 aromatic carbocycles. The zero-order valence-corrected chi connectivity index (χ0v) is 15.9. The highest BCUT2D eigenvalue weighted by Gasteiger charge is 2.45. The molecule has 9 nitrogen and oxygen atoms in total. The number of piperidine rings is 1. The predicted molar refractivity (Wildman–Crippen MR) is 93.0 cm³/mol. The van der Waals surface area contributed by atoms with Gasteiger partial charge in [-0.1, -0.05) is 5.16 Å². The van der Waals surface area contributed by atoms with E-state index in [4.69, 9.17) is 9.26 Å². The molecular formula is C18H26N4O5. The maximum atomic E-state index is 12.1. The molecule has 148 valence electrons. The Balaban J connectivity index is 1.31. The molecule has 27 heavy (non-hydrogen) atoms. The van der Waals surface area contributed by atoms with Crippen molar-refractivity contribution in [3.8, 4) is 0 Å². The van der Waals surface area contributed by atoms with E-state index in [1.54, 1.807) is 9.80 Å². The zero-order chi connectivity index (χ0) is 19.3. The first kappa shape index (κ1) is 18.1. The summed E-state index contributed by atoms with van der Waals surface area (Å²) >= 11 is 0. The summed E-state index contributed by atoms with van der Waals surface area (Å²) in [4.78, 5) is 27.4. The normalized spacial score (nSPS) is 25.8. The third-order valence-corrected chi connectivity index (χ3v) is 5.36. The van der Waals surface area contributed by atoms with E-state index >= 15 is 0 Å². The van der Waals surface area contributed by atoms with Crippen LogP contribution in [0.5, 0.6) is 0 Å². The number of nitrogens with zero attached hydrogens (tertiary/aromatic N) is 4. The van der Waals surface area contributed by atoms with Crippen LogP contribution in [0.25, 0.3) is 0 Å². The molecule has 4 heterocycles.